The van der Waals surface area contributed by atoms with Crippen LogP contribution in [0.4, 0.5) is 11.4 Å². The number of nitro benzene ring substituents is 1. The van der Waals surface area contributed by atoms with Crippen LogP contribution in [0.3, 0.4) is 0 Å². The molecule has 1 saturated carbocycles. The minimum Gasteiger partial charge on any atom is -0.493 e. The van der Waals surface area contributed by atoms with E-state index in [1.165, 1.54) is 12.1 Å². The van der Waals surface area contributed by atoms with Gasteiger partial charge in [-0.1, -0.05) is 55.7 Å². The summed E-state index contributed by atoms with van der Waals surface area (Å²) in [6, 6.07) is 18.1. The van der Waals surface area contributed by atoms with Crippen molar-refractivity contribution in [2.75, 3.05) is 11.9 Å². The van der Waals surface area contributed by atoms with Gasteiger partial charge < -0.3 is 10.1 Å². The van der Waals surface area contributed by atoms with Crippen molar-refractivity contribution < 1.29 is 14.5 Å². The maximum Gasteiger partial charge on any atom is 0.269 e. The monoisotopic (exact) mass is 418 g/mol. The van der Waals surface area contributed by atoms with Crippen molar-refractivity contribution in [3.63, 3.8) is 0 Å². The Morgan fingerprint density at radius 3 is 2.32 bits per heavy atom. The number of carbonyl (C=O) groups is 1. The first-order valence-corrected chi connectivity index (χ1v) is 10.8. The number of rotatable bonds is 6. The average Bonchev–Trinajstić information content (AvgIpc) is 2.81. The van der Waals surface area contributed by atoms with Gasteiger partial charge in [0.25, 0.3) is 5.69 Å². The molecule has 0 saturated heterocycles. The molecule has 0 bridgehead atoms. The third kappa shape index (κ3) is 3.98. The van der Waals surface area contributed by atoms with Crippen LogP contribution in [0.1, 0.15) is 44.6 Å². The zero-order chi connectivity index (χ0) is 21.8. The van der Waals surface area contributed by atoms with Crippen LogP contribution in [0.5, 0.6) is 5.75 Å². The molecule has 4 rings (SSSR count). The van der Waals surface area contributed by atoms with Crippen LogP contribution in [-0.2, 0) is 10.2 Å². The van der Waals surface area contributed by atoms with Crippen LogP contribution >= 0.6 is 0 Å². The van der Waals surface area contributed by atoms with Gasteiger partial charge in [0.15, 0.2) is 0 Å². The molecule has 6 heteroatoms. The second-order valence-corrected chi connectivity index (χ2v) is 7.99. The number of nitrogens with one attached hydrogen (secondary N) is 1. The second-order valence-electron chi connectivity index (χ2n) is 7.99. The van der Waals surface area contributed by atoms with Crippen LogP contribution in [0, 0.1) is 10.1 Å². The summed E-state index contributed by atoms with van der Waals surface area (Å²) < 4.78 is 5.75. The number of carbonyl (C=O) groups excluding carboxylic acids is 1. The predicted octanol–water partition coefficient (Wildman–Crippen LogP) is 5.99. The van der Waals surface area contributed by atoms with Crippen LogP contribution in [-0.4, -0.2) is 17.4 Å². The van der Waals surface area contributed by atoms with Gasteiger partial charge in [-0.3, -0.25) is 14.9 Å². The molecule has 1 amide bonds. The van der Waals surface area contributed by atoms with Crippen molar-refractivity contribution in [1.82, 2.24) is 0 Å². The molecule has 3 aromatic carbocycles. The lowest BCUT2D eigenvalue weighted by Gasteiger charge is -2.36. The molecule has 0 unspecified atom stereocenters. The highest BCUT2D eigenvalue weighted by atomic mass is 16.6. The zero-order valence-corrected chi connectivity index (χ0v) is 17.6. The Kier molecular flexibility index (Phi) is 5.89. The average molecular weight is 418 g/mol. The van der Waals surface area contributed by atoms with Gasteiger partial charge in [0.2, 0.25) is 5.91 Å². The Morgan fingerprint density at radius 1 is 1.00 bits per heavy atom. The Morgan fingerprint density at radius 2 is 1.68 bits per heavy atom. The molecule has 0 atom stereocenters. The van der Waals surface area contributed by atoms with Crippen molar-refractivity contribution in [2.24, 2.45) is 0 Å². The molecule has 1 aliphatic rings. The molecule has 0 aromatic heterocycles. The van der Waals surface area contributed by atoms with E-state index in [9.17, 15) is 14.9 Å². The third-order valence-electron chi connectivity index (χ3n) is 6.20. The van der Waals surface area contributed by atoms with Crippen LogP contribution in [0.2, 0.25) is 0 Å². The molecule has 31 heavy (non-hydrogen) atoms. The van der Waals surface area contributed by atoms with Gasteiger partial charge in [-0.15, -0.1) is 0 Å². The normalized spacial score (nSPS) is 15.4. The number of hydrogen-bond donors (Lipinski definition) is 1. The molecular weight excluding hydrogens is 392 g/mol. The fourth-order valence-corrected chi connectivity index (χ4v) is 4.61. The van der Waals surface area contributed by atoms with E-state index < -0.39 is 10.3 Å². The Labute approximate surface area is 181 Å². The minimum absolute atomic E-state index is 0.0348. The lowest BCUT2D eigenvalue weighted by atomic mass is 9.68. The maximum absolute atomic E-state index is 13.7. The topological polar surface area (TPSA) is 81.5 Å². The maximum atomic E-state index is 13.7. The fourth-order valence-electron chi connectivity index (χ4n) is 4.61. The van der Waals surface area contributed by atoms with E-state index in [0.29, 0.717) is 6.61 Å². The van der Waals surface area contributed by atoms with Gasteiger partial charge in [0.05, 0.1) is 16.9 Å². The summed E-state index contributed by atoms with van der Waals surface area (Å²) in [7, 11) is 0. The number of fused-ring (bicyclic) bond motifs is 1. The van der Waals surface area contributed by atoms with E-state index in [4.69, 9.17) is 4.74 Å². The Balaban J connectivity index is 1.71. The highest BCUT2D eigenvalue weighted by molar-refractivity contribution is 6.07. The molecular formula is C25H26N2O4. The standard InChI is InChI=1S/C25H26N2O4/c1-2-31-23-15-14-22(20-8-4-5-9-21(20)23)26-24(28)25(16-6-3-7-17-25)18-10-12-19(13-11-18)27(29)30/h4-5,8-15H,2-3,6-7,16-17H2,1H3,(H,26,28). The van der Waals surface area contributed by atoms with E-state index in [-0.39, 0.29) is 11.6 Å². The predicted molar refractivity (Wildman–Crippen MR) is 122 cm³/mol. The number of ether oxygens (including phenoxy) is 1. The van der Waals surface area contributed by atoms with Crippen LogP contribution in [0.15, 0.2) is 60.7 Å². The molecule has 6 nitrogen and oxygen atoms in total. The molecule has 160 valence electrons. The number of anilines is 1. The largest absolute Gasteiger partial charge is 0.493 e. The number of hydrogen-bond acceptors (Lipinski definition) is 4. The van der Waals surface area contributed by atoms with E-state index in [2.05, 4.69) is 5.32 Å². The fraction of sp³-hybridized carbons (Fsp3) is 0.320. The van der Waals surface area contributed by atoms with Gasteiger partial charge in [-0.05, 0) is 37.5 Å². The molecule has 0 aliphatic heterocycles. The number of nitrogens with zero attached hydrogens (tertiary/aromatic N) is 1. The first kappa shape index (κ1) is 20.8. The Hall–Kier alpha value is -3.41. The zero-order valence-electron chi connectivity index (χ0n) is 17.6. The van der Waals surface area contributed by atoms with E-state index in [1.807, 2.05) is 43.3 Å². The molecule has 1 fully saturated rings. The van der Waals surface area contributed by atoms with Gasteiger partial charge in [-0.25, -0.2) is 0 Å². The van der Waals surface area contributed by atoms with E-state index in [0.717, 1.165) is 59.9 Å². The Bertz CT molecular complexity index is 1100. The van der Waals surface area contributed by atoms with Crippen LogP contribution in [0.25, 0.3) is 10.8 Å². The first-order chi connectivity index (χ1) is 15.0. The lowest BCUT2D eigenvalue weighted by molar-refractivity contribution is -0.384. The van der Waals surface area contributed by atoms with Gasteiger partial charge in [0, 0.05) is 28.6 Å². The van der Waals surface area contributed by atoms with Crippen molar-refractivity contribution in [3.8, 4) is 5.75 Å². The summed E-state index contributed by atoms with van der Waals surface area (Å²) in [4.78, 5) is 24.3. The summed E-state index contributed by atoms with van der Waals surface area (Å²) in [5.41, 5.74) is 0.932. The van der Waals surface area contributed by atoms with Gasteiger partial charge in [-0.2, -0.15) is 0 Å². The smallest absolute Gasteiger partial charge is 0.269 e. The van der Waals surface area contributed by atoms with Crippen molar-refractivity contribution in [1.29, 1.82) is 0 Å². The number of benzene rings is 3. The molecule has 1 aliphatic carbocycles. The molecule has 3 aromatic rings. The van der Waals surface area contributed by atoms with Crippen LogP contribution < -0.4 is 10.1 Å². The molecule has 0 spiro atoms. The molecule has 1 N–H and O–H groups in total. The highest BCUT2D eigenvalue weighted by Crippen LogP contribution is 2.42. The van der Waals surface area contributed by atoms with Gasteiger partial charge in [0.1, 0.15) is 5.75 Å². The molecule has 0 heterocycles. The number of non-ortho nitro benzene ring substituents is 1. The second kappa shape index (κ2) is 8.76. The number of amides is 1. The van der Waals surface area contributed by atoms with Crippen molar-refractivity contribution >= 4 is 28.1 Å². The lowest BCUT2D eigenvalue weighted by Crippen LogP contribution is -2.42. The minimum atomic E-state index is -0.687. The summed E-state index contributed by atoms with van der Waals surface area (Å²) in [5.74, 6) is 0.731. The first-order valence-electron chi connectivity index (χ1n) is 10.8. The van der Waals surface area contributed by atoms with Crippen molar-refractivity contribution in [3.05, 3.63) is 76.3 Å². The van der Waals surface area contributed by atoms with Crippen molar-refractivity contribution in [2.45, 2.75) is 44.4 Å². The van der Waals surface area contributed by atoms with Gasteiger partial charge >= 0.3 is 0 Å². The summed E-state index contributed by atoms with van der Waals surface area (Å²) in [6.07, 6.45) is 4.45. The summed E-state index contributed by atoms with van der Waals surface area (Å²) in [5, 5.41) is 16.1. The summed E-state index contributed by atoms with van der Waals surface area (Å²) in [6.45, 7) is 2.51. The SMILES string of the molecule is CCOc1ccc(NC(=O)C2(c3ccc([N+](=O)[O-])cc3)CCCCC2)c2ccccc12. The highest BCUT2D eigenvalue weighted by Gasteiger charge is 2.41. The third-order valence-corrected chi connectivity index (χ3v) is 6.20. The van der Waals surface area contributed by atoms with E-state index in [1.54, 1.807) is 12.1 Å². The molecule has 0 radical (unpaired) electrons. The van der Waals surface area contributed by atoms with E-state index >= 15 is 0 Å². The quantitative estimate of drug-likeness (QED) is 0.394. The number of nitro groups is 1. The summed E-state index contributed by atoms with van der Waals surface area (Å²) >= 11 is 0.